The van der Waals surface area contributed by atoms with E-state index < -0.39 is 186 Å². The number of hydrogen-bond donors (Lipinski definition) is 16. The van der Waals surface area contributed by atoms with Crippen LogP contribution in [0.15, 0.2) is 79.6 Å². The van der Waals surface area contributed by atoms with Gasteiger partial charge < -0.3 is 103 Å². The molecule has 0 saturated carbocycles. The maximum absolute atomic E-state index is 12.7. The van der Waals surface area contributed by atoms with Gasteiger partial charge in [0.1, 0.15) is 54.9 Å². The van der Waals surface area contributed by atoms with Crippen molar-refractivity contribution in [1.82, 2.24) is 47.8 Å². The van der Waals surface area contributed by atoms with E-state index in [1.807, 2.05) is 23.4 Å². The number of esters is 3. The number of aromatic amines is 5. The van der Waals surface area contributed by atoms with Crippen molar-refractivity contribution in [3.63, 3.8) is 0 Å². The van der Waals surface area contributed by atoms with Crippen LogP contribution in [0.3, 0.4) is 0 Å². The topological polar surface area (TPSA) is 606 Å². The van der Waals surface area contributed by atoms with Gasteiger partial charge in [-0.05, 0) is 131 Å². The lowest BCUT2D eigenvalue weighted by Gasteiger charge is -2.40. The van der Waals surface area contributed by atoms with E-state index in [0.29, 0.717) is 13.8 Å². The normalized spacial score (nSPS) is 27.2. The van der Waals surface area contributed by atoms with Crippen LogP contribution in [-0.2, 0) is 65.9 Å². The number of hydrogen-bond acceptors (Lipinski definition) is 35. The monoisotopic (exact) mass is 1950 g/mol. The minimum atomic E-state index is -2.21. The molecular weight excluding hydrogens is 1840 g/mol. The summed E-state index contributed by atoms with van der Waals surface area (Å²) in [6.45, 7) is 32.3. The van der Waals surface area contributed by atoms with Crippen LogP contribution in [-0.4, -0.2) is 264 Å². The summed E-state index contributed by atoms with van der Waals surface area (Å²) in [5.74, 6) is -2.64. The van der Waals surface area contributed by atoms with Crippen molar-refractivity contribution in [1.29, 1.82) is 0 Å². The Balaban J connectivity index is 0.000000317. The summed E-state index contributed by atoms with van der Waals surface area (Å²) in [6.07, 6.45) is -11.4. The molecule has 16 N–H and O–H groups in total. The Morgan fingerprint density at radius 1 is 0.500 bits per heavy atom. The van der Waals surface area contributed by atoms with Gasteiger partial charge >= 0.3 is 29.3 Å². The molecule has 10 rings (SSSR count). The minimum absolute atomic E-state index is 0. The molecular formula is C73H114Br2N10O32S3Si2. The number of carbonyl (C=O) groups excluding carboxylic acids is 4. The van der Waals surface area contributed by atoms with Gasteiger partial charge in [-0.15, -0.1) is 0 Å². The van der Waals surface area contributed by atoms with Crippen LogP contribution in [0.2, 0.25) is 36.3 Å². The van der Waals surface area contributed by atoms with Crippen molar-refractivity contribution >= 4 is 109 Å². The summed E-state index contributed by atoms with van der Waals surface area (Å²) in [7, 11) is -3.19. The Morgan fingerprint density at radius 2 is 0.828 bits per heavy atom. The smallest absolute Gasteiger partial charge is 0.371 e. The Hall–Kier alpha value is -6.59. The Labute approximate surface area is 733 Å². The number of aldehydes is 1. The summed E-state index contributed by atoms with van der Waals surface area (Å²) >= 11 is 21.6. The zero-order valence-corrected chi connectivity index (χ0v) is 77.0. The van der Waals surface area contributed by atoms with Crippen LogP contribution >= 0.6 is 68.5 Å². The van der Waals surface area contributed by atoms with Gasteiger partial charge in [0, 0.05) is 48.9 Å². The Kier molecular flexibility index (Phi) is 40.8. The number of nitrogens with zero attached hydrogens (tertiary/aromatic N) is 5. The third-order valence-corrected chi connectivity index (χ3v) is 32.2. The van der Waals surface area contributed by atoms with Crippen molar-refractivity contribution in [3.05, 3.63) is 144 Å². The molecule has 0 aromatic carbocycles. The number of aliphatic hydroxyl groups is 11. The van der Waals surface area contributed by atoms with Gasteiger partial charge in [0.25, 0.3) is 27.8 Å². The number of methoxy groups -OCH3 is 1. The van der Waals surface area contributed by atoms with Gasteiger partial charge in [-0.1, -0.05) is 76.7 Å². The molecule has 122 heavy (non-hydrogen) atoms. The fourth-order valence-electron chi connectivity index (χ4n) is 12.2. The fraction of sp³-hybridized carbons (Fsp3) is 0.671. The van der Waals surface area contributed by atoms with Crippen molar-refractivity contribution in [2.75, 3.05) is 40.1 Å². The number of aliphatic hydroxyl groups excluding tert-OH is 11. The quantitative estimate of drug-likeness (QED) is 0.0125. The van der Waals surface area contributed by atoms with E-state index >= 15 is 0 Å². The predicted molar refractivity (Wildman–Crippen MR) is 454 cm³/mol. The molecule has 0 amide bonds. The van der Waals surface area contributed by atoms with E-state index in [1.165, 1.54) is 38.4 Å². The summed E-state index contributed by atoms with van der Waals surface area (Å²) in [5.41, 5.74) is -5.33. The summed E-state index contributed by atoms with van der Waals surface area (Å²) in [4.78, 5) is 137. The second kappa shape index (κ2) is 46.2. The number of H-pyrrole nitrogens is 5. The third kappa shape index (κ3) is 26.1. The first-order valence-corrected chi connectivity index (χ1v) is 46.7. The van der Waals surface area contributed by atoms with Gasteiger partial charge in [0.15, 0.2) is 74.3 Å². The van der Waals surface area contributed by atoms with Crippen LogP contribution in [0.5, 0.6) is 0 Å². The number of aromatic nitrogens is 10. The highest BCUT2D eigenvalue weighted by atomic mass is 79.9. The van der Waals surface area contributed by atoms with Crippen LogP contribution in [0.25, 0.3) is 0 Å². The molecule has 5 fully saturated rings. The molecule has 5 aromatic rings. The number of carbonyl (C=O) groups is 4. The average molecular weight is 1960 g/mol. The molecule has 688 valence electrons. The molecule has 42 nitrogen and oxygen atoms in total. The van der Waals surface area contributed by atoms with Crippen LogP contribution in [0.1, 0.15) is 158 Å². The molecule has 0 aliphatic carbocycles. The van der Waals surface area contributed by atoms with Crippen LogP contribution in [0.4, 0.5) is 0 Å². The summed E-state index contributed by atoms with van der Waals surface area (Å²) < 4.78 is 62.4. The molecule has 5 aliphatic heterocycles. The average Bonchev–Trinajstić information content (AvgIpc) is 1.57. The van der Waals surface area contributed by atoms with Crippen molar-refractivity contribution < 1.29 is 122 Å². The lowest BCUT2D eigenvalue weighted by molar-refractivity contribution is -0.153. The second-order valence-electron chi connectivity index (χ2n) is 31.3. The molecule has 7 unspecified atom stereocenters. The molecule has 49 heteroatoms. The molecule has 0 bridgehead atoms. The van der Waals surface area contributed by atoms with Crippen molar-refractivity contribution in [2.24, 2.45) is 11.8 Å². The first kappa shape index (κ1) is 108. The molecule has 10 heterocycles. The number of rotatable bonds is 21. The largest absolute Gasteiger partial charge is 0.467 e. The van der Waals surface area contributed by atoms with E-state index in [4.69, 9.17) is 89.2 Å². The predicted octanol–water partition coefficient (Wildman–Crippen LogP) is 2.01. The van der Waals surface area contributed by atoms with Crippen molar-refractivity contribution in [3.8, 4) is 0 Å². The van der Waals surface area contributed by atoms with Gasteiger partial charge in [0.2, 0.25) is 6.29 Å². The number of ether oxygens (including phenoxy) is 8. The zero-order valence-electron chi connectivity index (χ0n) is 69.4. The van der Waals surface area contributed by atoms with Gasteiger partial charge in [0.05, 0.1) is 84.6 Å². The van der Waals surface area contributed by atoms with E-state index in [1.54, 1.807) is 20.0 Å². The minimum Gasteiger partial charge on any atom is -0.467 e. The zero-order chi connectivity index (χ0) is 91.9. The molecule has 5 saturated heterocycles. The highest BCUT2D eigenvalue weighted by Gasteiger charge is 2.52. The lowest BCUT2D eigenvalue weighted by Crippen LogP contribution is -2.48. The fourth-order valence-corrected chi connectivity index (χ4v) is 16.4. The highest BCUT2D eigenvalue weighted by molar-refractivity contribution is 9.10. The summed E-state index contributed by atoms with van der Waals surface area (Å²) in [6, 6.07) is 1.23. The van der Waals surface area contributed by atoms with E-state index in [-0.39, 0.29) is 104 Å². The number of halogens is 2. The summed E-state index contributed by atoms with van der Waals surface area (Å²) in [5, 5.41) is 105. The van der Waals surface area contributed by atoms with E-state index in [0.717, 1.165) is 26.1 Å². The van der Waals surface area contributed by atoms with Crippen molar-refractivity contribution in [2.45, 2.75) is 262 Å². The standard InChI is InChI=1S/C21H36N2O7Si.C17H29BrN2O3SSi.C12H16N2O9.C9H11BrN2O5S.C9H12N2O5S.C4H6O3.CH4/c1-9-14-12(3)16(30-31(7,8)21(4,5)6)18(29-14)23-11-13(17(25)22-20(23)27)15(24)19(26)28-10-2;1-8-12-10(2)13(23-25(6,7)17(3,4)5)15(22-12)20-9-11(18)14(21)19-16(20)24;1-22-11(20)6(16)4-2-14(12(21)13-9(4)19)10-8(18)7(17)5(3-15)23-10;10-3-1-12(9(18)11-7(3)16)8-6(15)5(14)4(2-13)17-8;12-3-4-6(14)7(15)8(16-4)11-2-1-5(13)10-9(11)17;1-2-7-4(6)3-5;/h11-12,14-16,18,24H,9-10H2,1-8H3,(H,22,25,27);9-10,12-13,15H,8H2,1-7H3,(H,19,21,24);2,5-8,10,15-18H,3H2,1H3,(H,13,19,21);1,4-6,8,13-15H,2H2,(H,11,16,18);1-2,4,6-8,12,14-15H,3H2,(H,10,13,17);3H,2H2,1H3;1H4/t12?,14-,15?,16+,18-;10?,12-,13+,15-;5-,6?,7?,8+,10-;4-,5?,6+,8-;4-,6?,7+,8-;;/m11111../s1. The number of nitrogens with one attached hydrogen (secondary N) is 5. The van der Waals surface area contributed by atoms with Crippen LogP contribution < -0.4 is 39.2 Å². The Bertz CT molecular complexity index is 4990. The lowest BCUT2D eigenvalue weighted by atomic mass is 9.99. The van der Waals surface area contributed by atoms with Gasteiger partial charge in [-0.2, -0.15) is 0 Å². The molecule has 5 aromatic heterocycles. The molecule has 0 spiro atoms. The Morgan fingerprint density at radius 3 is 1.15 bits per heavy atom. The maximum atomic E-state index is 12.7. The first-order valence-electron chi connectivity index (χ1n) is 38.1. The molecule has 0 radical (unpaired) electrons. The van der Waals surface area contributed by atoms with E-state index in [2.05, 4.69) is 143 Å². The first-order chi connectivity index (χ1) is 56.2. The molecule has 5 aliphatic rings. The SMILES string of the molecule is C.CCOC(=O)C(O)c1cn([C@@H]2O[C@H](CC)C(C)[C@@H]2O[Si](C)(C)C(C)(C)C)c(=O)[nH]c1=O.CCOC(=O)C=O.CC[C@H]1O[C@@H](n2cc(Br)c(=O)[nH]c2=S)[C@@H](O[Si](C)(C)C(C)(C)C)C1C.COC(=O)C(O)c1cn([C@@H]2O[C@H](CO)C(O)[C@@H]2O)c(=O)[nH]c1=O.O=c1[nH]c(=S)n([C@@H]2O[C@H](CO)C(O)[C@@H]2O)cc1Br.O=c1ccn([C@@H]2O[C@H](CO)C(O)[C@@H]2O)c(=S)[nH]1. The highest BCUT2D eigenvalue weighted by Crippen LogP contribution is 2.46. The second-order valence-corrected chi connectivity index (χ2v) is 43.7. The van der Waals surface area contributed by atoms with E-state index in [9.17, 15) is 93.6 Å². The van der Waals surface area contributed by atoms with Gasteiger partial charge in [-0.25, -0.2) is 24.0 Å². The molecule has 22 atom stereocenters. The third-order valence-electron chi connectivity index (χ3n) is 21.2. The van der Waals surface area contributed by atoms with Gasteiger partial charge in [-0.3, -0.25) is 76.5 Å². The van der Waals surface area contributed by atoms with Crippen LogP contribution in [0, 0.1) is 26.1 Å². The maximum Gasteiger partial charge on any atom is 0.371 e.